The van der Waals surface area contributed by atoms with Gasteiger partial charge < -0.3 is 5.32 Å². The smallest absolute Gasteiger partial charge is 0.234 e. The Hall–Kier alpha value is -0.900. The first kappa shape index (κ1) is 11.2. The Bertz CT molecular complexity index is 216. The summed E-state index contributed by atoms with van der Waals surface area (Å²) in [6, 6.07) is 0.189. The van der Waals surface area contributed by atoms with E-state index in [1.165, 1.54) is 0 Å². The van der Waals surface area contributed by atoms with E-state index in [9.17, 15) is 9.59 Å². The standard InChI is InChI=1S/C10H18N2O2/c1-8(2)11-10(14)7-12-5-3-9(13)4-6-12/h8H,3-7H2,1-2H3,(H,11,14). The summed E-state index contributed by atoms with van der Waals surface area (Å²) in [6.07, 6.45) is 1.18. The van der Waals surface area contributed by atoms with Gasteiger partial charge in [0.1, 0.15) is 5.78 Å². The quantitative estimate of drug-likeness (QED) is 0.703. The maximum Gasteiger partial charge on any atom is 0.234 e. The molecule has 0 bridgehead atoms. The van der Waals surface area contributed by atoms with Crippen LogP contribution in [0.3, 0.4) is 0 Å². The summed E-state index contributed by atoms with van der Waals surface area (Å²) in [6.45, 7) is 5.76. The molecule has 0 unspecified atom stereocenters. The van der Waals surface area contributed by atoms with E-state index < -0.39 is 0 Å². The second-order valence-electron chi connectivity index (χ2n) is 4.04. The van der Waals surface area contributed by atoms with Crippen molar-refractivity contribution in [3.8, 4) is 0 Å². The van der Waals surface area contributed by atoms with E-state index in [4.69, 9.17) is 0 Å². The Kier molecular flexibility index (Phi) is 4.07. The maximum absolute atomic E-state index is 11.4. The van der Waals surface area contributed by atoms with Gasteiger partial charge in [-0.15, -0.1) is 0 Å². The number of amides is 1. The van der Waals surface area contributed by atoms with Gasteiger partial charge in [-0.2, -0.15) is 0 Å². The summed E-state index contributed by atoms with van der Waals surface area (Å²) in [5.74, 6) is 0.361. The molecular formula is C10H18N2O2. The molecule has 1 aliphatic rings. The fourth-order valence-corrected chi connectivity index (χ4v) is 1.53. The van der Waals surface area contributed by atoms with Gasteiger partial charge in [0.2, 0.25) is 5.91 Å². The molecule has 0 aromatic carbocycles. The van der Waals surface area contributed by atoms with Crippen LogP contribution in [0.4, 0.5) is 0 Å². The van der Waals surface area contributed by atoms with E-state index in [2.05, 4.69) is 5.32 Å². The average Bonchev–Trinajstić information content (AvgIpc) is 2.07. The van der Waals surface area contributed by atoms with Crippen LogP contribution in [0.1, 0.15) is 26.7 Å². The van der Waals surface area contributed by atoms with E-state index in [0.29, 0.717) is 25.2 Å². The van der Waals surface area contributed by atoms with Gasteiger partial charge in [0.25, 0.3) is 0 Å². The van der Waals surface area contributed by atoms with Crippen LogP contribution in [0.25, 0.3) is 0 Å². The summed E-state index contributed by atoms with van der Waals surface area (Å²) in [5, 5.41) is 2.84. The molecule has 0 radical (unpaired) electrons. The maximum atomic E-state index is 11.4. The van der Waals surface area contributed by atoms with Crippen LogP contribution < -0.4 is 5.32 Å². The van der Waals surface area contributed by atoms with Crippen molar-refractivity contribution >= 4 is 11.7 Å². The Balaban J connectivity index is 2.24. The molecule has 0 aliphatic carbocycles. The summed E-state index contributed by atoms with van der Waals surface area (Å²) >= 11 is 0. The molecule has 1 saturated heterocycles. The van der Waals surface area contributed by atoms with Crippen molar-refractivity contribution in [3.05, 3.63) is 0 Å². The number of carbonyl (C=O) groups excluding carboxylic acids is 2. The first-order valence-corrected chi connectivity index (χ1v) is 5.11. The van der Waals surface area contributed by atoms with E-state index in [0.717, 1.165) is 13.1 Å². The van der Waals surface area contributed by atoms with Crippen molar-refractivity contribution < 1.29 is 9.59 Å². The van der Waals surface area contributed by atoms with Crippen LogP contribution in [0.2, 0.25) is 0 Å². The topological polar surface area (TPSA) is 49.4 Å². The fraction of sp³-hybridized carbons (Fsp3) is 0.800. The van der Waals surface area contributed by atoms with Gasteiger partial charge in [0.05, 0.1) is 6.54 Å². The van der Waals surface area contributed by atoms with E-state index in [-0.39, 0.29) is 11.9 Å². The lowest BCUT2D eigenvalue weighted by Gasteiger charge is -2.25. The third-order valence-corrected chi connectivity index (χ3v) is 2.23. The molecule has 80 valence electrons. The normalized spacial score (nSPS) is 18.6. The molecule has 4 nitrogen and oxygen atoms in total. The molecule has 1 amide bonds. The first-order valence-electron chi connectivity index (χ1n) is 5.11. The van der Waals surface area contributed by atoms with Gasteiger partial charge >= 0.3 is 0 Å². The molecule has 1 N–H and O–H groups in total. The van der Waals surface area contributed by atoms with Gasteiger partial charge in [-0.1, -0.05) is 0 Å². The summed E-state index contributed by atoms with van der Waals surface area (Å²) in [4.78, 5) is 24.3. The SMILES string of the molecule is CC(C)NC(=O)CN1CCC(=O)CC1. The average molecular weight is 198 g/mol. The van der Waals surface area contributed by atoms with Crippen LogP contribution >= 0.6 is 0 Å². The molecular weight excluding hydrogens is 180 g/mol. The number of hydrogen-bond acceptors (Lipinski definition) is 3. The fourth-order valence-electron chi connectivity index (χ4n) is 1.53. The Morgan fingerprint density at radius 2 is 2.00 bits per heavy atom. The first-order chi connectivity index (χ1) is 6.58. The third-order valence-electron chi connectivity index (χ3n) is 2.23. The predicted molar refractivity (Wildman–Crippen MR) is 54.0 cm³/mol. The molecule has 0 aromatic rings. The molecule has 0 saturated carbocycles. The molecule has 0 atom stereocenters. The third kappa shape index (κ3) is 3.87. The minimum atomic E-state index is 0.0503. The highest BCUT2D eigenvalue weighted by atomic mass is 16.2. The highest BCUT2D eigenvalue weighted by Crippen LogP contribution is 2.04. The zero-order valence-corrected chi connectivity index (χ0v) is 8.88. The monoisotopic (exact) mass is 198 g/mol. The summed E-state index contributed by atoms with van der Waals surface area (Å²) in [5.41, 5.74) is 0. The number of piperidine rings is 1. The summed E-state index contributed by atoms with van der Waals surface area (Å²) < 4.78 is 0. The van der Waals surface area contributed by atoms with Gasteiger partial charge in [0, 0.05) is 32.0 Å². The second-order valence-corrected chi connectivity index (χ2v) is 4.04. The van der Waals surface area contributed by atoms with Crippen molar-refractivity contribution in [1.29, 1.82) is 0 Å². The van der Waals surface area contributed by atoms with Gasteiger partial charge in [-0.3, -0.25) is 14.5 Å². The minimum absolute atomic E-state index is 0.0503. The number of Topliss-reactive ketones (excluding diaryl/α,β-unsaturated/α-hetero) is 1. The van der Waals surface area contributed by atoms with E-state index in [1.807, 2.05) is 18.7 Å². The van der Waals surface area contributed by atoms with Crippen molar-refractivity contribution in [1.82, 2.24) is 10.2 Å². The summed E-state index contributed by atoms with van der Waals surface area (Å²) in [7, 11) is 0. The zero-order chi connectivity index (χ0) is 10.6. The van der Waals surface area contributed by atoms with Crippen molar-refractivity contribution in [2.24, 2.45) is 0 Å². The number of nitrogens with one attached hydrogen (secondary N) is 1. The predicted octanol–water partition coefficient (Wildman–Crippen LogP) is 0.176. The number of likely N-dealkylation sites (tertiary alicyclic amines) is 1. The second kappa shape index (κ2) is 5.10. The largest absolute Gasteiger partial charge is 0.353 e. The van der Waals surface area contributed by atoms with Crippen LogP contribution in [0.5, 0.6) is 0 Å². The number of nitrogens with zero attached hydrogens (tertiary/aromatic N) is 1. The van der Waals surface area contributed by atoms with Crippen LogP contribution in [-0.2, 0) is 9.59 Å². The minimum Gasteiger partial charge on any atom is -0.353 e. The van der Waals surface area contributed by atoms with E-state index >= 15 is 0 Å². The van der Waals surface area contributed by atoms with Crippen molar-refractivity contribution in [3.63, 3.8) is 0 Å². The van der Waals surface area contributed by atoms with Crippen molar-refractivity contribution in [2.45, 2.75) is 32.7 Å². The number of carbonyl (C=O) groups is 2. The molecule has 1 aliphatic heterocycles. The number of ketones is 1. The Labute approximate surface area is 84.7 Å². The lowest BCUT2D eigenvalue weighted by molar-refractivity contribution is -0.126. The highest BCUT2D eigenvalue weighted by molar-refractivity contribution is 5.81. The Morgan fingerprint density at radius 1 is 1.43 bits per heavy atom. The van der Waals surface area contributed by atoms with Gasteiger partial charge in [0.15, 0.2) is 0 Å². The van der Waals surface area contributed by atoms with E-state index in [1.54, 1.807) is 0 Å². The molecule has 4 heteroatoms. The molecule has 0 spiro atoms. The molecule has 1 fully saturated rings. The van der Waals surface area contributed by atoms with Gasteiger partial charge in [-0.05, 0) is 13.8 Å². The lowest BCUT2D eigenvalue weighted by atomic mass is 10.1. The van der Waals surface area contributed by atoms with Crippen LogP contribution in [-0.4, -0.2) is 42.3 Å². The highest BCUT2D eigenvalue weighted by Gasteiger charge is 2.18. The van der Waals surface area contributed by atoms with Gasteiger partial charge in [-0.25, -0.2) is 0 Å². The zero-order valence-electron chi connectivity index (χ0n) is 8.88. The van der Waals surface area contributed by atoms with Crippen LogP contribution in [0.15, 0.2) is 0 Å². The lowest BCUT2D eigenvalue weighted by Crippen LogP contribution is -2.43. The molecule has 1 heterocycles. The molecule has 1 rings (SSSR count). The molecule has 0 aromatic heterocycles. The van der Waals surface area contributed by atoms with Crippen molar-refractivity contribution in [2.75, 3.05) is 19.6 Å². The Morgan fingerprint density at radius 3 is 2.50 bits per heavy atom. The van der Waals surface area contributed by atoms with Crippen LogP contribution in [0, 0.1) is 0 Å². The molecule has 14 heavy (non-hydrogen) atoms. The number of hydrogen-bond donors (Lipinski definition) is 1. The number of rotatable bonds is 3.